The van der Waals surface area contributed by atoms with Crippen molar-refractivity contribution in [2.45, 2.75) is 6.54 Å². The third-order valence-corrected chi connectivity index (χ3v) is 2.64. The fraction of sp³-hybridized carbons (Fsp3) is 0.455. The van der Waals surface area contributed by atoms with Gasteiger partial charge >= 0.3 is 0 Å². The minimum Gasteiger partial charge on any atom is -0.396 e. The molecule has 1 aliphatic heterocycles. The van der Waals surface area contributed by atoms with Gasteiger partial charge in [-0.2, -0.15) is 5.26 Å². The summed E-state index contributed by atoms with van der Waals surface area (Å²) in [4.78, 5) is 6.17. The molecule has 1 fully saturated rings. The summed E-state index contributed by atoms with van der Waals surface area (Å²) in [7, 11) is 0. The van der Waals surface area contributed by atoms with Crippen LogP contribution in [0.15, 0.2) is 18.3 Å². The molecule has 2 rings (SSSR count). The van der Waals surface area contributed by atoms with Crippen LogP contribution in [0, 0.1) is 17.2 Å². The Bertz CT molecular complexity index is 380. The van der Waals surface area contributed by atoms with E-state index in [0.29, 0.717) is 11.6 Å². The standard InChI is InChI=1S/C11H13N3O/c12-4-11-3-9(1-2-13-11)5-14-6-10(7-14)8-15/h1-3,10,15H,5-8H2. The van der Waals surface area contributed by atoms with Crippen LogP contribution in [-0.4, -0.2) is 34.7 Å². The highest BCUT2D eigenvalue weighted by molar-refractivity contribution is 5.25. The van der Waals surface area contributed by atoms with E-state index in [1.807, 2.05) is 18.2 Å². The van der Waals surface area contributed by atoms with Gasteiger partial charge in [-0.15, -0.1) is 0 Å². The van der Waals surface area contributed by atoms with E-state index in [9.17, 15) is 0 Å². The van der Waals surface area contributed by atoms with Gasteiger partial charge in [-0.25, -0.2) is 4.98 Å². The molecule has 0 unspecified atom stereocenters. The Kier molecular flexibility index (Phi) is 2.95. The summed E-state index contributed by atoms with van der Waals surface area (Å²) < 4.78 is 0. The van der Waals surface area contributed by atoms with Gasteiger partial charge in [0.25, 0.3) is 0 Å². The maximum atomic E-state index is 8.87. The molecule has 0 atom stereocenters. The molecule has 4 nitrogen and oxygen atoms in total. The number of likely N-dealkylation sites (tertiary alicyclic amines) is 1. The van der Waals surface area contributed by atoms with E-state index in [1.165, 1.54) is 0 Å². The second kappa shape index (κ2) is 4.39. The van der Waals surface area contributed by atoms with E-state index in [0.717, 1.165) is 25.2 Å². The molecule has 0 amide bonds. The highest BCUT2D eigenvalue weighted by Gasteiger charge is 2.25. The van der Waals surface area contributed by atoms with Crippen LogP contribution in [0.4, 0.5) is 0 Å². The van der Waals surface area contributed by atoms with Crippen LogP contribution < -0.4 is 0 Å². The maximum Gasteiger partial charge on any atom is 0.140 e. The maximum absolute atomic E-state index is 8.87. The van der Waals surface area contributed by atoms with Gasteiger partial charge in [0.1, 0.15) is 11.8 Å². The molecule has 0 aliphatic carbocycles. The van der Waals surface area contributed by atoms with Crippen molar-refractivity contribution in [3.63, 3.8) is 0 Å². The zero-order chi connectivity index (χ0) is 10.7. The molecule has 1 saturated heterocycles. The number of aromatic nitrogens is 1. The van der Waals surface area contributed by atoms with Gasteiger partial charge in [-0.1, -0.05) is 0 Å². The van der Waals surface area contributed by atoms with E-state index < -0.39 is 0 Å². The summed E-state index contributed by atoms with van der Waals surface area (Å²) in [6.07, 6.45) is 1.66. The van der Waals surface area contributed by atoms with Gasteiger partial charge in [0.05, 0.1) is 0 Å². The van der Waals surface area contributed by atoms with Crippen molar-refractivity contribution in [2.75, 3.05) is 19.7 Å². The van der Waals surface area contributed by atoms with Crippen LogP contribution in [-0.2, 0) is 6.54 Å². The second-order valence-corrected chi connectivity index (χ2v) is 3.90. The van der Waals surface area contributed by atoms with E-state index in [2.05, 4.69) is 9.88 Å². The molecule has 1 aromatic heterocycles. The highest BCUT2D eigenvalue weighted by atomic mass is 16.3. The van der Waals surface area contributed by atoms with E-state index in [4.69, 9.17) is 10.4 Å². The largest absolute Gasteiger partial charge is 0.396 e. The first-order chi connectivity index (χ1) is 7.31. The fourth-order valence-corrected chi connectivity index (χ4v) is 1.81. The smallest absolute Gasteiger partial charge is 0.140 e. The summed E-state index contributed by atoms with van der Waals surface area (Å²) in [6.45, 7) is 3.01. The lowest BCUT2D eigenvalue weighted by Crippen LogP contribution is -2.47. The van der Waals surface area contributed by atoms with Crippen molar-refractivity contribution < 1.29 is 5.11 Å². The molecular formula is C11H13N3O. The Morgan fingerprint density at radius 1 is 1.60 bits per heavy atom. The third-order valence-electron chi connectivity index (χ3n) is 2.64. The monoisotopic (exact) mass is 203 g/mol. The Labute approximate surface area is 88.8 Å². The lowest BCUT2D eigenvalue weighted by Gasteiger charge is -2.38. The van der Waals surface area contributed by atoms with Crippen molar-refractivity contribution in [3.8, 4) is 6.07 Å². The molecule has 1 aromatic rings. The van der Waals surface area contributed by atoms with Crippen molar-refractivity contribution >= 4 is 0 Å². The zero-order valence-electron chi connectivity index (χ0n) is 8.43. The number of hydrogen-bond donors (Lipinski definition) is 1. The van der Waals surface area contributed by atoms with E-state index in [-0.39, 0.29) is 6.61 Å². The molecular weight excluding hydrogens is 190 g/mol. The summed E-state index contributed by atoms with van der Waals surface area (Å²) in [5.74, 6) is 0.433. The van der Waals surface area contributed by atoms with Crippen molar-refractivity contribution in [1.29, 1.82) is 5.26 Å². The lowest BCUT2D eigenvalue weighted by atomic mass is 10.0. The molecule has 1 N–H and O–H groups in total. The summed E-state index contributed by atoms with van der Waals surface area (Å²) in [5.41, 5.74) is 1.57. The average molecular weight is 203 g/mol. The molecule has 0 aromatic carbocycles. The number of nitrogens with zero attached hydrogens (tertiary/aromatic N) is 3. The highest BCUT2D eigenvalue weighted by Crippen LogP contribution is 2.17. The zero-order valence-corrected chi connectivity index (χ0v) is 8.43. The van der Waals surface area contributed by atoms with Gasteiger partial charge in [-0.05, 0) is 17.7 Å². The van der Waals surface area contributed by atoms with Gasteiger partial charge < -0.3 is 5.11 Å². The third kappa shape index (κ3) is 2.32. The number of hydrogen-bond acceptors (Lipinski definition) is 4. The average Bonchev–Trinajstić information content (AvgIpc) is 2.23. The van der Waals surface area contributed by atoms with Crippen LogP contribution in [0.3, 0.4) is 0 Å². The first-order valence-corrected chi connectivity index (χ1v) is 5.00. The Balaban J connectivity index is 1.92. The summed E-state index contributed by atoms with van der Waals surface area (Å²) >= 11 is 0. The van der Waals surface area contributed by atoms with E-state index in [1.54, 1.807) is 6.20 Å². The molecule has 0 spiro atoms. The molecule has 1 aliphatic rings. The number of pyridine rings is 1. The first kappa shape index (κ1) is 10.1. The fourth-order valence-electron chi connectivity index (χ4n) is 1.81. The van der Waals surface area contributed by atoms with Gasteiger partial charge in [0, 0.05) is 38.4 Å². The van der Waals surface area contributed by atoms with Gasteiger partial charge in [-0.3, -0.25) is 4.90 Å². The summed E-state index contributed by atoms with van der Waals surface area (Å²) in [5, 5.41) is 17.6. The van der Waals surface area contributed by atoms with Gasteiger partial charge in [0.15, 0.2) is 0 Å². The topological polar surface area (TPSA) is 60.2 Å². The second-order valence-electron chi connectivity index (χ2n) is 3.90. The first-order valence-electron chi connectivity index (χ1n) is 5.00. The van der Waals surface area contributed by atoms with Crippen molar-refractivity contribution in [1.82, 2.24) is 9.88 Å². The number of rotatable bonds is 3. The predicted molar refractivity (Wildman–Crippen MR) is 54.8 cm³/mol. The Hall–Kier alpha value is -1.44. The SMILES string of the molecule is N#Cc1cc(CN2CC(CO)C2)ccn1. The molecule has 0 radical (unpaired) electrons. The van der Waals surface area contributed by atoms with Crippen LogP contribution in [0.25, 0.3) is 0 Å². The van der Waals surface area contributed by atoms with Crippen molar-refractivity contribution in [2.24, 2.45) is 5.92 Å². The van der Waals surface area contributed by atoms with Crippen LogP contribution >= 0.6 is 0 Å². The molecule has 0 bridgehead atoms. The number of aliphatic hydroxyl groups is 1. The molecule has 2 heterocycles. The minimum atomic E-state index is 0.274. The molecule has 4 heteroatoms. The van der Waals surface area contributed by atoms with Crippen LogP contribution in [0.5, 0.6) is 0 Å². The summed E-state index contributed by atoms with van der Waals surface area (Å²) in [6, 6.07) is 5.76. The van der Waals surface area contributed by atoms with Crippen molar-refractivity contribution in [3.05, 3.63) is 29.6 Å². The van der Waals surface area contributed by atoms with Crippen LogP contribution in [0.1, 0.15) is 11.3 Å². The van der Waals surface area contributed by atoms with Crippen LogP contribution in [0.2, 0.25) is 0 Å². The molecule has 0 saturated carbocycles. The van der Waals surface area contributed by atoms with E-state index >= 15 is 0 Å². The normalized spacial score (nSPS) is 17.1. The number of nitriles is 1. The molecule has 15 heavy (non-hydrogen) atoms. The molecule has 78 valence electrons. The minimum absolute atomic E-state index is 0.274. The Morgan fingerprint density at radius 2 is 2.40 bits per heavy atom. The van der Waals surface area contributed by atoms with Gasteiger partial charge in [0.2, 0.25) is 0 Å². The quantitative estimate of drug-likeness (QED) is 0.771. The lowest BCUT2D eigenvalue weighted by molar-refractivity contribution is 0.0479. The predicted octanol–water partition coefficient (Wildman–Crippen LogP) is 0.377. The Morgan fingerprint density at radius 3 is 3.07 bits per heavy atom. The number of aliphatic hydroxyl groups excluding tert-OH is 1.